The van der Waals surface area contributed by atoms with Gasteiger partial charge < -0.3 is 9.84 Å². The van der Waals surface area contributed by atoms with Gasteiger partial charge in [0.2, 0.25) is 0 Å². The van der Waals surface area contributed by atoms with Gasteiger partial charge in [-0.2, -0.15) is 0 Å². The van der Waals surface area contributed by atoms with Crippen LogP contribution in [-0.4, -0.2) is 25.6 Å². The van der Waals surface area contributed by atoms with Crippen LogP contribution in [0.25, 0.3) is 0 Å². The van der Waals surface area contributed by atoms with Crippen molar-refractivity contribution in [2.45, 2.75) is 4.90 Å². The highest BCUT2D eigenvalue weighted by Crippen LogP contribution is 2.21. The third-order valence-corrected chi connectivity index (χ3v) is 3.44. The topological polar surface area (TPSA) is 97.1 Å². The van der Waals surface area contributed by atoms with E-state index < -0.39 is 10.0 Å². The van der Waals surface area contributed by atoms with E-state index in [1.165, 1.54) is 24.9 Å². The Kier molecular flexibility index (Phi) is 2.96. The molecule has 7 nitrogen and oxygen atoms in total. The number of sulfonamides is 1. The lowest BCUT2D eigenvalue weighted by Gasteiger charge is -2.09. The van der Waals surface area contributed by atoms with Crippen molar-refractivity contribution in [3.05, 3.63) is 30.9 Å². The summed E-state index contributed by atoms with van der Waals surface area (Å²) in [7, 11) is -2.07. The van der Waals surface area contributed by atoms with E-state index in [1.54, 1.807) is 13.1 Å². The van der Waals surface area contributed by atoms with Crippen LogP contribution in [0.3, 0.4) is 0 Å². The maximum absolute atomic E-state index is 12.0. The maximum atomic E-state index is 12.0. The Balaban J connectivity index is 2.38. The minimum atomic E-state index is -3.70. The van der Waals surface area contributed by atoms with Gasteiger partial charge in [0.15, 0.2) is 0 Å². The number of anilines is 2. The number of hydrogen-bond donors (Lipinski definition) is 2. The Morgan fingerprint density at radius 1 is 1.35 bits per heavy atom. The summed E-state index contributed by atoms with van der Waals surface area (Å²) in [4.78, 5) is 3.85. The van der Waals surface area contributed by atoms with E-state index in [-0.39, 0.29) is 10.6 Å². The molecule has 2 aromatic rings. The van der Waals surface area contributed by atoms with Crippen molar-refractivity contribution in [2.24, 2.45) is 0 Å². The Morgan fingerprint density at radius 3 is 2.82 bits per heavy atom. The molecule has 8 heteroatoms. The number of rotatable bonds is 4. The van der Waals surface area contributed by atoms with Crippen LogP contribution in [0.2, 0.25) is 0 Å². The van der Waals surface area contributed by atoms with E-state index in [2.05, 4.69) is 24.7 Å². The van der Waals surface area contributed by atoms with E-state index in [9.17, 15) is 8.42 Å². The molecule has 90 valence electrons. The van der Waals surface area contributed by atoms with Crippen LogP contribution < -0.4 is 10.0 Å². The molecule has 0 fully saturated rings. The SMILES string of the molecule is CNc1ccncc1S(=O)(=O)Nc1cnoc1. The lowest BCUT2D eigenvalue weighted by atomic mass is 10.4. The molecule has 0 amide bonds. The minimum absolute atomic E-state index is 0.0590. The molecule has 0 unspecified atom stereocenters. The maximum Gasteiger partial charge on any atom is 0.265 e. The van der Waals surface area contributed by atoms with Gasteiger partial charge in [-0.15, -0.1) is 0 Å². The summed E-state index contributed by atoms with van der Waals surface area (Å²) >= 11 is 0. The molecule has 0 aliphatic rings. The van der Waals surface area contributed by atoms with E-state index in [0.717, 1.165) is 0 Å². The fraction of sp³-hybridized carbons (Fsp3) is 0.111. The van der Waals surface area contributed by atoms with Crippen LogP contribution in [0.15, 0.2) is 40.3 Å². The van der Waals surface area contributed by atoms with Crippen molar-refractivity contribution in [3.63, 3.8) is 0 Å². The third-order valence-electron chi connectivity index (χ3n) is 2.03. The highest BCUT2D eigenvalue weighted by molar-refractivity contribution is 7.92. The molecule has 0 saturated heterocycles. The van der Waals surface area contributed by atoms with Gasteiger partial charge in [0, 0.05) is 19.4 Å². The quantitative estimate of drug-likeness (QED) is 0.841. The van der Waals surface area contributed by atoms with E-state index in [4.69, 9.17) is 0 Å². The van der Waals surface area contributed by atoms with Gasteiger partial charge in [-0.1, -0.05) is 5.16 Å². The van der Waals surface area contributed by atoms with Gasteiger partial charge >= 0.3 is 0 Å². The van der Waals surface area contributed by atoms with Gasteiger partial charge in [0.05, 0.1) is 11.9 Å². The largest absolute Gasteiger partial charge is 0.387 e. The van der Waals surface area contributed by atoms with Crippen LogP contribution in [0.4, 0.5) is 11.4 Å². The molecule has 2 aromatic heterocycles. The zero-order valence-electron chi connectivity index (χ0n) is 8.91. The number of aromatic nitrogens is 2. The molecule has 2 heterocycles. The summed E-state index contributed by atoms with van der Waals surface area (Å²) in [6.07, 6.45) is 5.24. The highest BCUT2D eigenvalue weighted by atomic mass is 32.2. The first kappa shape index (κ1) is 11.4. The standard InChI is InChI=1S/C9H10N4O3S/c1-10-8-2-3-11-5-9(8)17(14,15)13-7-4-12-16-6-7/h2-6,13H,1H3,(H,10,11). The molecule has 0 bridgehead atoms. The van der Waals surface area contributed by atoms with E-state index >= 15 is 0 Å². The molecular weight excluding hydrogens is 244 g/mol. The first-order chi connectivity index (χ1) is 8.13. The van der Waals surface area contributed by atoms with Crippen LogP contribution >= 0.6 is 0 Å². The van der Waals surface area contributed by atoms with E-state index in [0.29, 0.717) is 5.69 Å². The van der Waals surface area contributed by atoms with Gasteiger partial charge in [-0.05, 0) is 6.07 Å². The normalized spacial score (nSPS) is 11.1. The second kappa shape index (κ2) is 4.42. The minimum Gasteiger partial charge on any atom is -0.387 e. The van der Waals surface area contributed by atoms with Gasteiger partial charge in [-0.25, -0.2) is 8.42 Å². The summed E-state index contributed by atoms with van der Waals surface area (Å²) in [6.45, 7) is 0. The first-order valence-corrected chi connectivity index (χ1v) is 6.16. The summed E-state index contributed by atoms with van der Waals surface area (Å²) < 4.78 is 30.9. The zero-order valence-corrected chi connectivity index (χ0v) is 9.73. The van der Waals surface area contributed by atoms with Gasteiger partial charge in [0.25, 0.3) is 10.0 Å². The van der Waals surface area contributed by atoms with Gasteiger partial charge in [0.1, 0.15) is 16.8 Å². The average molecular weight is 254 g/mol. The molecule has 0 spiro atoms. The number of nitrogens with zero attached hydrogens (tertiary/aromatic N) is 2. The molecule has 0 aromatic carbocycles. The summed E-state index contributed by atoms with van der Waals surface area (Å²) in [5.41, 5.74) is 0.722. The molecule has 0 saturated carbocycles. The smallest absolute Gasteiger partial charge is 0.265 e. The van der Waals surface area contributed by atoms with Crippen LogP contribution in [-0.2, 0) is 10.0 Å². The Morgan fingerprint density at radius 2 is 2.18 bits per heavy atom. The summed E-state index contributed by atoms with van der Waals surface area (Å²) in [6, 6.07) is 1.57. The molecule has 2 rings (SSSR count). The molecule has 0 aliphatic heterocycles. The van der Waals surface area contributed by atoms with Crippen molar-refractivity contribution in [2.75, 3.05) is 17.1 Å². The lowest BCUT2D eigenvalue weighted by Crippen LogP contribution is -2.14. The third kappa shape index (κ3) is 2.36. The van der Waals surface area contributed by atoms with Gasteiger partial charge in [-0.3, -0.25) is 9.71 Å². The predicted molar refractivity (Wildman–Crippen MR) is 61.1 cm³/mol. The first-order valence-electron chi connectivity index (χ1n) is 4.67. The molecule has 0 radical (unpaired) electrons. The molecule has 0 aliphatic carbocycles. The van der Waals surface area contributed by atoms with Crippen molar-refractivity contribution in [3.8, 4) is 0 Å². The van der Waals surface area contributed by atoms with Crippen LogP contribution in [0, 0.1) is 0 Å². The van der Waals surface area contributed by atoms with Crippen molar-refractivity contribution >= 4 is 21.4 Å². The number of nitrogens with one attached hydrogen (secondary N) is 2. The molecular formula is C9H10N4O3S. The second-order valence-corrected chi connectivity index (χ2v) is 4.79. The monoisotopic (exact) mass is 254 g/mol. The Labute approximate surface area is 97.9 Å². The van der Waals surface area contributed by atoms with Crippen LogP contribution in [0.1, 0.15) is 0 Å². The fourth-order valence-electron chi connectivity index (χ4n) is 1.27. The number of pyridine rings is 1. The molecule has 2 N–H and O–H groups in total. The van der Waals surface area contributed by atoms with Crippen molar-refractivity contribution < 1.29 is 12.9 Å². The lowest BCUT2D eigenvalue weighted by molar-refractivity contribution is 0.420. The predicted octanol–water partition coefficient (Wildman–Crippen LogP) is 0.912. The second-order valence-electron chi connectivity index (χ2n) is 3.14. The van der Waals surface area contributed by atoms with Crippen molar-refractivity contribution in [1.82, 2.24) is 10.1 Å². The van der Waals surface area contributed by atoms with Crippen LogP contribution in [0.5, 0.6) is 0 Å². The Hall–Kier alpha value is -2.09. The zero-order chi connectivity index (χ0) is 12.3. The molecule has 17 heavy (non-hydrogen) atoms. The highest BCUT2D eigenvalue weighted by Gasteiger charge is 2.19. The molecule has 0 atom stereocenters. The Bertz CT molecular complexity index is 594. The van der Waals surface area contributed by atoms with Crippen molar-refractivity contribution in [1.29, 1.82) is 0 Å². The van der Waals surface area contributed by atoms with E-state index in [1.807, 2.05) is 0 Å². The summed E-state index contributed by atoms with van der Waals surface area (Å²) in [5, 5.41) is 6.19. The number of hydrogen-bond acceptors (Lipinski definition) is 6. The summed E-state index contributed by atoms with van der Waals surface area (Å²) in [5.74, 6) is 0. The average Bonchev–Trinajstić information content (AvgIpc) is 2.81. The fourth-order valence-corrected chi connectivity index (χ4v) is 2.45.